The van der Waals surface area contributed by atoms with Crippen molar-refractivity contribution in [1.29, 1.82) is 0 Å². The number of benzene rings is 1. The molecule has 3 nitrogen and oxygen atoms in total. The molecule has 26 heavy (non-hydrogen) atoms. The minimum atomic E-state index is -2.67. The summed E-state index contributed by atoms with van der Waals surface area (Å²) < 4.78 is 20.4. The summed E-state index contributed by atoms with van der Waals surface area (Å²) in [6.45, 7) is 12.4. The van der Waals surface area contributed by atoms with Gasteiger partial charge in [-0.3, -0.25) is 0 Å². The molecule has 1 rings (SSSR count). The quantitative estimate of drug-likeness (QED) is 0.393. The molecule has 5 heteroatoms. The molecule has 150 valence electrons. The first kappa shape index (κ1) is 24.2. The Morgan fingerprint density at radius 3 is 1.54 bits per heavy atom. The van der Waals surface area contributed by atoms with Crippen LogP contribution in [0, 0.1) is 0 Å². The third-order valence-corrected chi connectivity index (χ3v) is 13.4. The van der Waals surface area contributed by atoms with E-state index < -0.39 is 27.2 Å². The topological polar surface area (TPSA) is 27.7 Å². The van der Waals surface area contributed by atoms with E-state index in [1.165, 1.54) is 5.56 Å². The molecule has 0 amide bonds. The van der Waals surface area contributed by atoms with Crippen molar-refractivity contribution in [3.05, 3.63) is 29.8 Å². The molecule has 0 bridgehead atoms. The van der Waals surface area contributed by atoms with Crippen molar-refractivity contribution in [3.63, 3.8) is 0 Å². The van der Waals surface area contributed by atoms with Crippen LogP contribution in [0.5, 0.6) is 0 Å². The average Bonchev–Trinajstić information content (AvgIpc) is 2.44. The van der Waals surface area contributed by atoms with Gasteiger partial charge < -0.3 is 0 Å². The Kier molecular flexibility index (Phi) is 9.85. The van der Waals surface area contributed by atoms with Crippen molar-refractivity contribution >= 4 is 30.8 Å². The summed E-state index contributed by atoms with van der Waals surface area (Å²) in [5.74, 6) is 0. The second kappa shape index (κ2) is 10.6. The molecule has 1 aromatic carbocycles. The fraction of sp³-hybridized carbons (Fsp3) is 0.714. The van der Waals surface area contributed by atoms with Crippen LogP contribution in [0.15, 0.2) is 24.3 Å². The molecule has 0 heterocycles. The fourth-order valence-electron chi connectivity index (χ4n) is 3.02. The van der Waals surface area contributed by atoms with Gasteiger partial charge in [-0.05, 0) is 0 Å². The third kappa shape index (κ3) is 8.87. The van der Waals surface area contributed by atoms with Gasteiger partial charge in [-0.25, -0.2) is 0 Å². The van der Waals surface area contributed by atoms with E-state index >= 15 is 0 Å². The van der Waals surface area contributed by atoms with Gasteiger partial charge in [-0.15, -0.1) is 0 Å². The molecular formula is C21H40O3SiSn. The predicted octanol–water partition coefficient (Wildman–Crippen LogP) is 5.38. The van der Waals surface area contributed by atoms with E-state index in [0.29, 0.717) is 0 Å². The summed E-state index contributed by atoms with van der Waals surface area (Å²) >= 11 is -1.95. The van der Waals surface area contributed by atoms with E-state index in [0.717, 1.165) is 18.9 Å². The molecule has 0 fully saturated rings. The van der Waals surface area contributed by atoms with Gasteiger partial charge in [0.05, 0.1) is 0 Å². The van der Waals surface area contributed by atoms with Crippen molar-refractivity contribution in [2.24, 2.45) is 0 Å². The second-order valence-corrected chi connectivity index (χ2v) is 26.0. The van der Waals surface area contributed by atoms with Gasteiger partial charge in [0.2, 0.25) is 0 Å². The summed E-state index contributed by atoms with van der Waals surface area (Å²) in [4.78, 5) is 7.37. The maximum absolute atomic E-state index is 6.26. The van der Waals surface area contributed by atoms with Crippen molar-refractivity contribution in [2.75, 3.05) is 0 Å². The molecule has 0 spiro atoms. The first-order chi connectivity index (χ1) is 11.9. The molecule has 0 atom stereocenters. The van der Waals surface area contributed by atoms with Crippen molar-refractivity contribution < 1.29 is 13.3 Å². The van der Waals surface area contributed by atoms with Gasteiger partial charge in [-0.1, -0.05) is 0 Å². The van der Waals surface area contributed by atoms with Crippen molar-refractivity contribution in [3.8, 4) is 0 Å². The van der Waals surface area contributed by atoms with Crippen LogP contribution in [0.3, 0.4) is 0 Å². The Hall–Kier alpha value is 0.116. The Morgan fingerprint density at radius 1 is 0.769 bits per heavy atom. The fourth-order valence-corrected chi connectivity index (χ4v) is 9.63. The summed E-state index contributed by atoms with van der Waals surface area (Å²) in [5.41, 5.74) is 1.39. The van der Waals surface area contributed by atoms with Gasteiger partial charge >= 0.3 is 167 Å². The monoisotopic (exact) mass is 488 g/mol. The molecule has 0 aromatic heterocycles. The van der Waals surface area contributed by atoms with Crippen LogP contribution >= 0.6 is 0 Å². The first-order valence-electron chi connectivity index (χ1n) is 10.1. The zero-order valence-corrected chi connectivity index (χ0v) is 22.2. The van der Waals surface area contributed by atoms with E-state index in [2.05, 4.69) is 80.6 Å². The zero-order chi connectivity index (χ0) is 20.0. The maximum atomic E-state index is 6.26. The Balaban J connectivity index is 2.78. The van der Waals surface area contributed by atoms with Gasteiger partial charge in [0.25, 0.3) is 0 Å². The van der Waals surface area contributed by atoms with E-state index in [1.807, 2.05) is 0 Å². The van der Waals surface area contributed by atoms with Crippen LogP contribution in [0.4, 0.5) is 0 Å². The molecule has 0 saturated carbocycles. The van der Waals surface area contributed by atoms with Crippen molar-refractivity contribution in [2.45, 2.75) is 93.6 Å². The van der Waals surface area contributed by atoms with E-state index in [4.69, 9.17) is 13.3 Å². The molecular weight excluding hydrogens is 447 g/mol. The summed E-state index contributed by atoms with van der Waals surface area (Å²) in [7, 11) is -2.67. The number of aryl methyl sites for hydroxylation is 1. The van der Waals surface area contributed by atoms with Crippen LogP contribution in [-0.2, 0) is 19.7 Å². The number of rotatable bonds is 11. The molecule has 0 aliphatic carbocycles. The van der Waals surface area contributed by atoms with Crippen LogP contribution in [0.25, 0.3) is 0 Å². The average molecular weight is 487 g/mol. The second-order valence-electron chi connectivity index (χ2n) is 8.98. The summed E-state index contributed by atoms with van der Waals surface area (Å²) in [6.07, 6.45) is 2.39. The van der Waals surface area contributed by atoms with Gasteiger partial charge in [-0.2, -0.15) is 0 Å². The molecule has 1 aromatic rings. The van der Waals surface area contributed by atoms with Crippen LogP contribution in [-0.4, -0.2) is 45.5 Å². The SMILES string of the molecule is CC(C)O[Si](CCCc1cc[c]([Sn]([CH3])([CH3])[CH3])cc1)(OC(C)C)OC(C)C. The summed E-state index contributed by atoms with van der Waals surface area (Å²) in [5, 5.41) is 0. The Labute approximate surface area is 167 Å². The summed E-state index contributed by atoms with van der Waals surface area (Å²) in [6, 6.07) is 10.2. The third-order valence-electron chi connectivity index (χ3n) is 4.01. The van der Waals surface area contributed by atoms with Crippen LogP contribution in [0.1, 0.15) is 53.5 Å². The number of hydrogen-bond donors (Lipinski definition) is 0. The molecule has 0 saturated heterocycles. The van der Waals surface area contributed by atoms with Gasteiger partial charge in [0.1, 0.15) is 0 Å². The molecule has 0 aliphatic heterocycles. The molecule has 0 radical (unpaired) electrons. The standard InChI is InChI=1S/C18H31O3Si.3CH3.Sn/c1-15(2)19-22(20-16(3)4,21-17(5)6)14-10-13-18-11-8-7-9-12-18;;;;/h8-9,11-12,15-17H,10,13-14H2,1-6H3;3*1H3;. The van der Waals surface area contributed by atoms with Gasteiger partial charge in [0.15, 0.2) is 0 Å². The Morgan fingerprint density at radius 2 is 1.19 bits per heavy atom. The molecule has 0 aliphatic rings. The number of hydrogen-bond acceptors (Lipinski definition) is 3. The van der Waals surface area contributed by atoms with E-state index in [1.54, 1.807) is 3.58 Å². The zero-order valence-electron chi connectivity index (χ0n) is 18.4. The van der Waals surface area contributed by atoms with Crippen LogP contribution in [0.2, 0.25) is 20.9 Å². The molecule has 0 unspecified atom stereocenters. The first-order valence-corrected chi connectivity index (χ1v) is 22.0. The Bertz CT molecular complexity index is 495. The normalized spacial score (nSPS) is 13.2. The predicted molar refractivity (Wildman–Crippen MR) is 117 cm³/mol. The van der Waals surface area contributed by atoms with Crippen LogP contribution < -0.4 is 3.58 Å². The van der Waals surface area contributed by atoms with Gasteiger partial charge in [0, 0.05) is 0 Å². The van der Waals surface area contributed by atoms with E-state index in [-0.39, 0.29) is 18.3 Å². The van der Waals surface area contributed by atoms with E-state index in [9.17, 15) is 0 Å². The minimum absolute atomic E-state index is 0.109. The van der Waals surface area contributed by atoms with Crippen molar-refractivity contribution in [1.82, 2.24) is 0 Å². The molecule has 0 N–H and O–H groups in total.